The number of hydrogen-bond acceptors (Lipinski definition) is 4. The summed E-state index contributed by atoms with van der Waals surface area (Å²) in [4.78, 5) is 0. The second-order valence-electron chi connectivity index (χ2n) is 3.42. The van der Waals surface area contributed by atoms with Crippen LogP contribution in [0.15, 0.2) is 30.1 Å². The molecule has 74 valence electrons. The summed E-state index contributed by atoms with van der Waals surface area (Å²) in [6, 6.07) is 5.91. The third kappa shape index (κ3) is 1.46. The minimum Gasteiger partial charge on any atom is -0.399 e. The summed E-state index contributed by atoms with van der Waals surface area (Å²) in [5.74, 6) is 0.694. The summed E-state index contributed by atoms with van der Waals surface area (Å²) in [6.45, 7) is 2.78. The van der Waals surface area contributed by atoms with Crippen LogP contribution in [0.2, 0.25) is 0 Å². The van der Waals surface area contributed by atoms with Crippen molar-refractivity contribution in [3.8, 4) is 0 Å². The molecule has 0 aromatic heterocycles. The van der Waals surface area contributed by atoms with E-state index in [-0.39, 0.29) is 0 Å². The van der Waals surface area contributed by atoms with Crippen molar-refractivity contribution in [1.82, 2.24) is 5.43 Å². The molecule has 4 heteroatoms. The van der Waals surface area contributed by atoms with Gasteiger partial charge in [-0.15, -0.1) is 0 Å². The highest BCUT2D eigenvalue weighted by atomic mass is 15.5. The number of benzene rings is 1. The molecule has 0 bridgehead atoms. The van der Waals surface area contributed by atoms with Gasteiger partial charge in [0, 0.05) is 5.69 Å². The molecule has 0 unspecified atom stereocenters. The van der Waals surface area contributed by atoms with Crippen LogP contribution in [0.3, 0.4) is 0 Å². The number of rotatable bonds is 1. The highest BCUT2D eigenvalue weighted by Gasteiger charge is 2.11. The van der Waals surface area contributed by atoms with E-state index < -0.39 is 0 Å². The quantitative estimate of drug-likeness (QED) is 0.570. The normalized spacial score (nSPS) is 15.2. The summed E-state index contributed by atoms with van der Waals surface area (Å²) < 4.78 is 0. The van der Waals surface area contributed by atoms with Crippen LogP contribution in [0.4, 0.5) is 11.4 Å². The molecule has 1 aliphatic heterocycles. The molecule has 2 rings (SSSR count). The van der Waals surface area contributed by atoms with Crippen molar-refractivity contribution in [1.29, 1.82) is 0 Å². The van der Waals surface area contributed by atoms with Crippen molar-refractivity contribution >= 4 is 11.4 Å². The maximum Gasteiger partial charge on any atom is 0.113 e. The molecular weight excluding hydrogens is 176 g/mol. The zero-order chi connectivity index (χ0) is 10.1. The molecule has 0 amide bonds. The molecule has 5 N–H and O–H groups in total. The van der Waals surface area contributed by atoms with Gasteiger partial charge in [-0.2, -0.15) is 0 Å². The van der Waals surface area contributed by atoms with Crippen LogP contribution < -0.4 is 21.9 Å². The lowest BCUT2D eigenvalue weighted by Crippen LogP contribution is -2.33. The Labute approximate surface area is 83.2 Å². The number of nitrogen functional groups attached to an aromatic ring is 1. The molecule has 0 fully saturated rings. The molecule has 1 heterocycles. The standard InChI is InChI=1S/C10H14N4/c1-7-6-8(2-3-9(7)11)14-5-4-10(12)13-14/h2-4,6,13H,5,11-12H2,1H3. The first kappa shape index (κ1) is 8.74. The monoisotopic (exact) mass is 190 g/mol. The molecule has 1 aliphatic rings. The van der Waals surface area contributed by atoms with E-state index in [2.05, 4.69) is 5.43 Å². The van der Waals surface area contributed by atoms with E-state index >= 15 is 0 Å². The zero-order valence-corrected chi connectivity index (χ0v) is 8.12. The second kappa shape index (κ2) is 3.14. The molecule has 0 atom stereocenters. The van der Waals surface area contributed by atoms with Crippen LogP contribution in [0.5, 0.6) is 0 Å². The minimum absolute atomic E-state index is 0.694. The van der Waals surface area contributed by atoms with Crippen molar-refractivity contribution in [2.24, 2.45) is 5.73 Å². The van der Waals surface area contributed by atoms with Gasteiger partial charge in [0.25, 0.3) is 0 Å². The van der Waals surface area contributed by atoms with Gasteiger partial charge >= 0.3 is 0 Å². The predicted molar refractivity (Wildman–Crippen MR) is 58.3 cm³/mol. The molecule has 0 saturated carbocycles. The van der Waals surface area contributed by atoms with E-state index in [0.29, 0.717) is 5.82 Å². The summed E-state index contributed by atoms with van der Waals surface area (Å²) in [6.07, 6.45) is 1.94. The highest BCUT2D eigenvalue weighted by Crippen LogP contribution is 2.20. The molecule has 4 nitrogen and oxygen atoms in total. The van der Waals surface area contributed by atoms with Gasteiger partial charge in [0.05, 0.1) is 12.2 Å². The van der Waals surface area contributed by atoms with Gasteiger partial charge in [-0.1, -0.05) is 0 Å². The van der Waals surface area contributed by atoms with E-state index in [4.69, 9.17) is 11.5 Å². The Kier molecular flexibility index (Phi) is 1.96. The predicted octanol–water partition coefficient (Wildman–Crippen LogP) is 0.702. The minimum atomic E-state index is 0.694. The van der Waals surface area contributed by atoms with Crippen LogP contribution in [0, 0.1) is 6.92 Å². The summed E-state index contributed by atoms with van der Waals surface area (Å²) in [5.41, 5.74) is 17.4. The largest absolute Gasteiger partial charge is 0.399 e. The van der Waals surface area contributed by atoms with Crippen LogP contribution in [-0.2, 0) is 0 Å². The molecule has 0 radical (unpaired) electrons. The second-order valence-corrected chi connectivity index (χ2v) is 3.42. The fourth-order valence-corrected chi connectivity index (χ4v) is 1.43. The third-order valence-corrected chi connectivity index (χ3v) is 2.32. The maximum atomic E-state index is 5.74. The highest BCUT2D eigenvalue weighted by molar-refractivity contribution is 5.58. The first-order chi connectivity index (χ1) is 6.66. The number of hydrazine groups is 1. The van der Waals surface area contributed by atoms with Gasteiger partial charge in [-0.05, 0) is 36.8 Å². The van der Waals surface area contributed by atoms with Gasteiger partial charge in [0.2, 0.25) is 0 Å². The van der Waals surface area contributed by atoms with E-state index in [1.165, 1.54) is 0 Å². The van der Waals surface area contributed by atoms with Gasteiger partial charge in [0.15, 0.2) is 0 Å². The summed E-state index contributed by atoms with van der Waals surface area (Å²) >= 11 is 0. The van der Waals surface area contributed by atoms with Crippen LogP contribution in [0.25, 0.3) is 0 Å². The summed E-state index contributed by atoms with van der Waals surface area (Å²) in [5, 5.41) is 1.97. The molecule has 1 aromatic carbocycles. The van der Waals surface area contributed by atoms with Crippen molar-refractivity contribution in [3.63, 3.8) is 0 Å². The molecule has 0 aliphatic carbocycles. The van der Waals surface area contributed by atoms with Crippen molar-refractivity contribution in [2.75, 3.05) is 17.3 Å². The molecule has 14 heavy (non-hydrogen) atoms. The Hall–Kier alpha value is -1.84. The van der Waals surface area contributed by atoms with Crippen LogP contribution in [0.1, 0.15) is 5.56 Å². The fourth-order valence-electron chi connectivity index (χ4n) is 1.43. The number of hydrogen-bond donors (Lipinski definition) is 3. The smallest absolute Gasteiger partial charge is 0.113 e. The van der Waals surface area contributed by atoms with Crippen LogP contribution >= 0.6 is 0 Å². The lowest BCUT2D eigenvalue weighted by Gasteiger charge is -2.20. The first-order valence-corrected chi connectivity index (χ1v) is 4.53. The number of aryl methyl sites for hydroxylation is 1. The zero-order valence-electron chi connectivity index (χ0n) is 8.12. The van der Waals surface area contributed by atoms with Crippen LogP contribution in [-0.4, -0.2) is 6.54 Å². The maximum absolute atomic E-state index is 5.74. The number of nitrogens with two attached hydrogens (primary N) is 2. The SMILES string of the molecule is Cc1cc(N2CC=C(N)N2)ccc1N. The van der Waals surface area contributed by atoms with Crippen molar-refractivity contribution < 1.29 is 0 Å². The van der Waals surface area contributed by atoms with E-state index in [0.717, 1.165) is 23.5 Å². The Morgan fingerprint density at radius 1 is 1.36 bits per heavy atom. The Bertz CT molecular complexity index is 384. The van der Waals surface area contributed by atoms with E-state index in [1.807, 2.05) is 36.2 Å². The van der Waals surface area contributed by atoms with Gasteiger partial charge in [-0.3, -0.25) is 10.4 Å². The van der Waals surface area contributed by atoms with E-state index in [9.17, 15) is 0 Å². The van der Waals surface area contributed by atoms with Crippen molar-refractivity contribution in [2.45, 2.75) is 6.92 Å². The molecule has 0 spiro atoms. The first-order valence-electron chi connectivity index (χ1n) is 4.53. The average molecular weight is 190 g/mol. The topological polar surface area (TPSA) is 67.3 Å². The lowest BCUT2D eigenvalue weighted by atomic mass is 10.2. The number of nitrogens with one attached hydrogen (secondary N) is 1. The Morgan fingerprint density at radius 3 is 2.71 bits per heavy atom. The third-order valence-electron chi connectivity index (χ3n) is 2.32. The number of anilines is 2. The number of nitrogens with zero attached hydrogens (tertiary/aromatic N) is 1. The Morgan fingerprint density at radius 2 is 2.14 bits per heavy atom. The summed E-state index contributed by atoms with van der Waals surface area (Å²) in [7, 11) is 0. The fraction of sp³-hybridized carbons (Fsp3) is 0.200. The van der Waals surface area contributed by atoms with Gasteiger partial charge in [0.1, 0.15) is 5.82 Å². The molecule has 1 aromatic rings. The van der Waals surface area contributed by atoms with E-state index in [1.54, 1.807) is 0 Å². The average Bonchev–Trinajstić information content (AvgIpc) is 2.57. The van der Waals surface area contributed by atoms with Gasteiger partial charge in [-0.25, -0.2) is 0 Å². The molecule has 0 saturated heterocycles. The lowest BCUT2D eigenvalue weighted by molar-refractivity contribution is 0.797. The van der Waals surface area contributed by atoms with Gasteiger partial charge < -0.3 is 11.5 Å². The molecular formula is C10H14N4. The van der Waals surface area contributed by atoms with Crippen molar-refractivity contribution in [3.05, 3.63) is 35.7 Å². The Balaban J connectivity index is 2.22.